The van der Waals surface area contributed by atoms with Crippen LogP contribution in [0.15, 0.2) is 85.1 Å². The second-order valence-electron chi connectivity index (χ2n) is 30.2. The first-order valence-electron chi connectivity index (χ1n) is 46.5. The summed E-state index contributed by atoms with van der Waals surface area (Å²) in [7, 11) is 0. The first kappa shape index (κ1) is 128. The summed E-state index contributed by atoms with van der Waals surface area (Å²) in [5.41, 5.74) is 0. The standard InChI is InChI=1S/7C14H26O2.Au.W/c7*1-2-3-4-5-6-7-8-9-10-11-12-13-14(15)16;;/h7*5-6H,2-4,7-13H2,1H3,(H,15,16);;/b7*6-5-;;. The van der Waals surface area contributed by atoms with E-state index in [1.54, 1.807) is 0 Å². The summed E-state index contributed by atoms with van der Waals surface area (Å²) in [5, 5.41) is 59.1. The zero-order valence-corrected chi connectivity index (χ0v) is 79.9. The van der Waals surface area contributed by atoms with Crippen molar-refractivity contribution in [1.29, 1.82) is 0 Å². The Morgan fingerprint density at radius 2 is 0.228 bits per heavy atom. The minimum absolute atomic E-state index is 0. The van der Waals surface area contributed by atoms with Crippen LogP contribution in [0.4, 0.5) is 0 Å². The van der Waals surface area contributed by atoms with Gasteiger partial charge in [0.15, 0.2) is 0 Å². The molecule has 0 saturated carbocycles. The van der Waals surface area contributed by atoms with Crippen molar-refractivity contribution in [3.05, 3.63) is 85.1 Å². The summed E-state index contributed by atoms with van der Waals surface area (Å²) < 4.78 is 0. The normalized spacial score (nSPS) is 10.9. The largest absolute Gasteiger partial charge is 0.481 e. The van der Waals surface area contributed by atoms with Crippen LogP contribution in [0.5, 0.6) is 0 Å². The second kappa shape index (κ2) is 125. The van der Waals surface area contributed by atoms with Crippen LogP contribution in [0, 0.1) is 0 Å². The Morgan fingerprint density at radius 1 is 0.149 bits per heavy atom. The number of carboxylic acids is 7. The van der Waals surface area contributed by atoms with Gasteiger partial charge in [-0.25, -0.2) is 0 Å². The fraction of sp³-hybridized carbons (Fsp3) is 0.786. The minimum Gasteiger partial charge on any atom is -0.481 e. The number of rotatable bonds is 77. The molecule has 0 aliphatic carbocycles. The Hall–Kier alpha value is -4.10. The maximum atomic E-state index is 10.3. The molecule has 7 N–H and O–H groups in total. The first-order valence-corrected chi connectivity index (χ1v) is 46.5. The van der Waals surface area contributed by atoms with Gasteiger partial charge in [-0.3, -0.25) is 33.6 Å². The molecule has 0 aromatic heterocycles. The molecule has 0 fully saturated rings. The molecule has 1 radical (unpaired) electrons. The van der Waals surface area contributed by atoms with E-state index in [9.17, 15) is 33.6 Å². The number of hydrogen-bond acceptors (Lipinski definition) is 7. The molecule has 16 heteroatoms. The molecule has 14 nitrogen and oxygen atoms in total. The van der Waals surface area contributed by atoms with Crippen molar-refractivity contribution in [2.24, 2.45) is 0 Å². The van der Waals surface area contributed by atoms with Crippen molar-refractivity contribution in [1.82, 2.24) is 0 Å². The van der Waals surface area contributed by atoms with E-state index in [0.29, 0.717) is 44.9 Å². The molecule has 0 saturated heterocycles. The monoisotopic (exact) mass is 1960 g/mol. The van der Waals surface area contributed by atoms with Crippen LogP contribution in [0.2, 0.25) is 0 Å². The molecule has 0 atom stereocenters. The van der Waals surface area contributed by atoms with Crippen molar-refractivity contribution >= 4 is 41.8 Å². The number of carbonyl (C=O) groups is 7. The summed E-state index contributed by atoms with van der Waals surface area (Å²) in [6.07, 6.45) is 108. The number of hydrogen-bond donors (Lipinski definition) is 7. The van der Waals surface area contributed by atoms with Crippen LogP contribution < -0.4 is 0 Å². The molecule has 0 aliphatic heterocycles. The molecule has 0 heterocycles. The van der Waals surface area contributed by atoms with Crippen LogP contribution in [0.1, 0.15) is 498 Å². The molecule has 0 unspecified atom stereocenters. The van der Waals surface area contributed by atoms with Crippen LogP contribution in [-0.4, -0.2) is 77.5 Å². The van der Waals surface area contributed by atoms with Gasteiger partial charge in [0.1, 0.15) is 0 Å². The quantitative estimate of drug-likeness (QED) is 0.0170. The number of allylic oxidation sites excluding steroid dienone is 14. The zero-order chi connectivity index (χ0) is 84.4. The zero-order valence-electron chi connectivity index (χ0n) is 74.8. The van der Waals surface area contributed by atoms with Crippen LogP contribution in [0.25, 0.3) is 0 Å². The fourth-order valence-corrected chi connectivity index (χ4v) is 11.4. The van der Waals surface area contributed by atoms with E-state index < -0.39 is 41.8 Å². The van der Waals surface area contributed by atoms with E-state index in [-0.39, 0.29) is 43.4 Å². The summed E-state index contributed by atoms with van der Waals surface area (Å²) in [4.78, 5) is 71.8. The van der Waals surface area contributed by atoms with Crippen molar-refractivity contribution in [3.8, 4) is 0 Å². The van der Waals surface area contributed by atoms with Crippen LogP contribution >= 0.6 is 0 Å². The predicted octanol–water partition coefficient (Wildman–Crippen LogP) is 31.8. The van der Waals surface area contributed by atoms with Gasteiger partial charge >= 0.3 is 41.8 Å². The third-order valence-electron chi connectivity index (χ3n) is 18.6. The smallest absolute Gasteiger partial charge is 0.303 e. The van der Waals surface area contributed by atoms with E-state index in [2.05, 4.69) is 134 Å². The van der Waals surface area contributed by atoms with Gasteiger partial charge in [0.2, 0.25) is 0 Å². The topological polar surface area (TPSA) is 261 Å². The van der Waals surface area contributed by atoms with E-state index >= 15 is 0 Å². The van der Waals surface area contributed by atoms with Crippen molar-refractivity contribution in [3.63, 3.8) is 0 Å². The molecule has 0 rings (SSSR count). The molecule has 0 bridgehead atoms. The summed E-state index contributed by atoms with van der Waals surface area (Å²) in [5.74, 6) is -4.67. The molecular weight excluding hydrogens is 1780 g/mol. The Balaban J connectivity index is -0.000000161. The molecule has 0 aromatic rings. The van der Waals surface area contributed by atoms with Gasteiger partial charge in [-0.15, -0.1) is 0 Å². The molecule has 0 aliphatic rings. The average molecular weight is 1970 g/mol. The van der Waals surface area contributed by atoms with Gasteiger partial charge < -0.3 is 35.7 Å². The van der Waals surface area contributed by atoms with E-state index in [1.165, 1.54) is 315 Å². The third kappa shape index (κ3) is 163. The van der Waals surface area contributed by atoms with Crippen LogP contribution in [0.3, 0.4) is 0 Å². The van der Waals surface area contributed by atoms with Gasteiger partial charge in [0, 0.05) is 88.4 Å². The van der Waals surface area contributed by atoms with Crippen molar-refractivity contribution in [2.45, 2.75) is 498 Å². The van der Waals surface area contributed by atoms with E-state index in [4.69, 9.17) is 35.7 Å². The summed E-state index contributed by atoms with van der Waals surface area (Å²) in [6.45, 7) is 15.5. The number of unbranched alkanes of at least 4 members (excludes halogenated alkanes) is 49. The van der Waals surface area contributed by atoms with Crippen molar-refractivity contribution in [2.75, 3.05) is 0 Å². The molecule has 675 valence electrons. The predicted molar refractivity (Wildman–Crippen MR) is 480 cm³/mol. The van der Waals surface area contributed by atoms with Gasteiger partial charge in [-0.05, 0) is 180 Å². The second-order valence-corrected chi connectivity index (χ2v) is 30.2. The third-order valence-corrected chi connectivity index (χ3v) is 18.6. The summed E-state index contributed by atoms with van der Waals surface area (Å²) in [6, 6.07) is 0. The van der Waals surface area contributed by atoms with Gasteiger partial charge in [0.25, 0.3) is 0 Å². The number of aliphatic carboxylic acids is 7. The number of carboxylic acid groups (broad SMARTS) is 7. The van der Waals surface area contributed by atoms with Gasteiger partial charge in [0.05, 0.1) is 0 Å². The molecule has 0 amide bonds. The average Bonchev–Trinajstić information content (AvgIpc) is 2.00. The Morgan fingerprint density at radius 3 is 0.316 bits per heavy atom. The first-order chi connectivity index (χ1) is 54.4. The maximum absolute atomic E-state index is 10.3. The molecule has 0 aromatic carbocycles. The SMILES string of the molecule is CCCC/C=C\CCCCCCCC(=O)O.CCCC/C=C\CCCCCCCC(=O)O.CCCC/C=C\CCCCCCCC(=O)O.CCCC/C=C\CCCCCCCC(=O)O.CCCC/C=C\CCCCCCCC(=O)O.CCCC/C=C\CCCCCCCC(=O)O.CCCC/C=C\CCCCCCCC(=O)O.[Au].[W]. The Labute approximate surface area is 732 Å². The van der Waals surface area contributed by atoms with Gasteiger partial charge in [-0.2, -0.15) is 0 Å². The Kier molecular flexibility index (Phi) is 140. The Bertz CT molecular complexity index is 1730. The van der Waals surface area contributed by atoms with E-state index in [1.807, 2.05) is 0 Å². The van der Waals surface area contributed by atoms with E-state index in [0.717, 1.165) is 89.9 Å². The summed E-state index contributed by atoms with van der Waals surface area (Å²) >= 11 is 0. The van der Waals surface area contributed by atoms with Crippen LogP contribution in [-0.2, 0) is 77.0 Å². The molecule has 0 spiro atoms. The molecular formula is C98H182AuO14W. The maximum Gasteiger partial charge on any atom is 0.303 e. The minimum atomic E-state index is -0.668. The van der Waals surface area contributed by atoms with Gasteiger partial charge in [-0.1, -0.05) is 358 Å². The fourth-order valence-electron chi connectivity index (χ4n) is 11.4. The molecule has 114 heavy (non-hydrogen) atoms. The van der Waals surface area contributed by atoms with Crippen molar-refractivity contribution < 1.29 is 113 Å².